The molecular formula is C56H107NO5. The van der Waals surface area contributed by atoms with Gasteiger partial charge in [-0.2, -0.15) is 0 Å². The summed E-state index contributed by atoms with van der Waals surface area (Å²) >= 11 is 0. The number of allylic oxidation sites excluding steroid dienone is 3. The molecule has 3 N–H and O–H groups in total. The van der Waals surface area contributed by atoms with Crippen LogP contribution in [-0.4, -0.2) is 47.4 Å². The Morgan fingerprint density at radius 2 is 0.758 bits per heavy atom. The molecule has 0 aromatic heterocycles. The number of carbonyl (C=O) groups is 2. The van der Waals surface area contributed by atoms with E-state index >= 15 is 0 Å². The van der Waals surface area contributed by atoms with Gasteiger partial charge in [0, 0.05) is 12.8 Å². The number of esters is 1. The number of hydrogen-bond donors (Lipinski definition) is 3. The monoisotopic (exact) mass is 874 g/mol. The minimum Gasteiger partial charge on any atom is -0.466 e. The maximum atomic E-state index is 12.4. The van der Waals surface area contributed by atoms with E-state index in [1.807, 2.05) is 6.08 Å². The first kappa shape index (κ1) is 60.3. The lowest BCUT2D eigenvalue weighted by Gasteiger charge is -2.20. The largest absolute Gasteiger partial charge is 0.466 e. The van der Waals surface area contributed by atoms with E-state index in [-0.39, 0.29) is 18.5 Å². The standard InChI is InChI=1S/C56H107NO5/c1-3-5-7-9-11-13-15-17-22-25-28-32-36-40-44-48-54(59)53(52-58)57-55(60)49-45-41-37-33-29-26-23-20-18-19-21-24-27-31-35-39-43-47-51-62-56(61)50-46-42-38-34-30-16-14-12-10-8-6-4-2/h12,14,44,48,53-54,58-59H,3-11,13,15-43,45-47,49-52H2,1-2H3,(H,57,60)/b14-12-,48-44+. The van der Waals surface area contributed by atoms with Crippen LogP contribution in [0.15, 0.2) is 24.3 Å². The van der Waals surface area contributed by atoms with Crippen molar-refractivity contribution >= 4 is 11.9 Å². The van der Waals surface area contributed by atoms with Crippen LogP contribution in [0, 0.1) is 0 Å². The number of carbonyl (C=O) groups excluding carboxylic acids is 2. The molecule has 0 aliphatic heterocycles. The van der Waals surface area contributed by atoms with E-state index in [0.29, 0.717) is 19.4 Å². The zero-order valence-electron chi connectivity index (χ0n) is 41.6. The van der Waals surface area contributed by atoms with Crippen molar-refractivity contribution in [3.63, 3.8) is 0 Å². The smallest absolute Gasteiger partial charge is 0.305 e. The second-order valence-corrected chi connectivity index (χ2v) is 18.9. The molecule has 0 aliphatic rings. The molecular weight excluding hydrogens is 767 g/mol. The van der Waals surface area contributed by atoms with Gasteiger partial charge in [0.2, 0.25) is 5.91 Å². The molecule has 6 heteroatoms. The second kappa shape index (κ2) is 52.0. The van der Waals surface area contributed by atoms with Gasteiger partial charge in [0.05, 0.1) is 25.4 Å². The molecule has 0 saturated heterocycles. The molecule has 62 heavy (non-hydrogen) atoms. The fourth-order valence-corrected chi connectivity index (χ4v) is 8.45. The lowest BCUT2D eigenvalue weighted by molar-refractivity contribution is -0.143. The predicted octanol–water partition coefficient (Wildman–Crippen LogP) is 16.7. The van der Waals surface area contributed by atoms with Crippen LogP contribution in [-0.2, 0) is 14.3 Å². The van der Waals surface area contributed by atoms with E-state index in [4.69, 9.17) is 4.74 Å². The summed E-state index contributed by atoms with van der Waals surface area (Å²) < 4.78 is 5.46. The van der Waals surface area contributed by atoms with Crippen molar-refractivity contribution in [1.29, 1.82) is 0 Å². The van der Waals surface area contributed by atoms with E-state index in [1.54, 1.807) is 6.08 Å². The molecule has 2 unspecified atom stereocenters. The molecule has 0 saturated carbocycles. The number of ether oxygens (including phenoxy) is 1. The van der Waals surface area contributed by atoms with Crippen molar-refractivity contribution in [2.45, 2.75) is 309 Å². The number of nitrogens with one attached hydrogen (secondary N) is 1. The molecule has 0 fully saturated rings. The number of amides is 1. The summed E-state index contributed by atoms with van der Waals surface area (Å²) in [6.45, 7) is 4.87. The van der Waals surface area contributed by atoms with Crippen molar-refractivity contribution < 1.29 is 24.5 Å². The second-order valence-electron chi connectivity index (χ2n) is 18.9. The average molecular weight is 874 g/mol. The molecule has 366 valence electrons. The highest BCUT2D eigenvalue weighted by Crippen LogP contribution is 2.17. The van der Waals surface area contributed by atoms with Crippen LogP contribution in [0.1, 0.15) is 296 Å². The van der Waals surface area contributed by atoms with Crippen molar-refractivity contribution in [3.05, 3.63) is 24.3 Å². The molecule has 6 nitrogen and oxygen atoms in total. The van der Waals surface area contributed by atoms with E-state index in [0.717, 1.165) is 44.9 Å². The summed E-state index contributed by atoms with van der Waals surface area (Å²) in [4.78, 5) is 24.4. The summed E-state index contributed by atoms with van der Waals surface area (Å²) in [6, 6.07) is -0.630. The Kier molecular flexibility index (Phi) is 50.6. The maximum Gasteiger partial charge on any atom is 0.305 e. The van der Waals surface area contributed by atoms with Crippen LogP contribution in [0.3, 0.4) is 0 Å². The Labute approximate surface area is 386 Å². The van der Waals surface area contributed by atoms with Gasteiger partial charge >= 0.3 is 5.97 Å². The van der Waals surface area contributed by atoms with Crippen molar-refractivity contribution in [1.82, 2.24) is 5.32 Å². The first-order valence-electron chi connectivity index (χ1n) is 27.6. The number of unbranched alkanes of at least 4 members (excludes halogenated alkanes) is 38. The van der Waals surface area contributed by atoms with Gasteiger partial charge in [-0.15, -0.1) is 0 Å². The SMILES string of the molecule is CCCCC/C=C\CCCCCCCC(=O)OCCCCCCCCCCCCCCCCCCCCC(=O)NC(CO)C(O)/C=C/CCCCCCCCCCCCCCC. The Hall–Kier alpha value is -1.66. The molecule has 0 rings (SSSR count). The number of hydrogen-bond acceptors (Lipinski definition) is 5. The molecule has 0 heterocycles. The highest BCUT2D eigenvalue weighted by molar-refractivity contribution is 5.76. The lowest BCUT2D eigenvalue weighted by atomic mass is 10.0. The van der Waals surface area contributed by atoms with Gasteiger partial charge in [-0.3, -0.25) is 9.59 Å². The summed E-state index contributed by atoms with van der Waals surface area (Å²) in [5.74, 6) is -0.0750. The van der Waals surface area contributed by atoms with Gasteiger partial charge in [-0.25, -0.2) is 0 Å². The zero-order chi connectivity index (χ0) is 45.1. The summed E-state index contributed by atoms with van der Waals surface area (Å²) in [5.41, 5.74) is 0. The average Bonchev–Trinajstić information content (AvgIpc) is 3.27. The van der Waals surface area contributed by atoms with Crippen molar-refractivity contribution in [2.24, 2.45) is 0 Å². The molecule has 0 aromatic rings. The predicted molar refractivity (Wildman–Crippen MR) is 269 cm³/mol. The third kappa shape index (κ3) is 47.8. The normalized spacial score (nSPS) is 12.8. The Morgan fingerprint density at radius 3 is 1.18 bits per heavy atom. The van der Waals surface area contributed by atoms with Gasteiger partial charge in [0.25, 0.3) is 0 Å². The topological polar surface area (TPSA) is 95.9 Å². The van der Waals surface area contributed by atoms with Gasteiger partial charge in [-0.1, -0.05) is 250 Å². The molecule has 0 radical (unpaired) electrons. The van der Waals surface area contributed by atoms with Crippen LogP contribution in [0.25, 0.3) is 0 Å². The third-order valence-corrected chi connectivity index (χ3v) is 12.7. The number of aliphatic hydroxyl groups is 2. The summed E-state index contributed by atoms with van der Waals surface area (Å²) in [6.07, 6.45) is 61.9. The highest BCUT2D eigenvalue weighted by atomic mass is 16.5. The molecule has 2 atom stereocenters. The van der Waals surface area contributed by atoms with E-state index < -0.39 is 12.1 Å². The minimum absolute atomic E-state index is 0.00370. The number of aliphatic hydroxyl groups excluding tert-OH is 2. The summed E-state index contributed by atoms with van der Waals surface area (Å²) in [5, 5.41) is 23.1. The Bertz CT molecular complexity index is 966. The quantitative estimate of drug-likeness (QED) is 0.0321. The molecule has 0 bridgehead atoms. The molecule has 1 amide bonds. The fourth-order valence-electron chi connectivity index (χ4n) is 8.45. The maximum absolute atomic E-state index is 12.4. The Balaban J connectivity index is 3.44. The van der Waals surface area contributed by atoms with E-state index in [9.17, 15) is 19.8 Å². The van der Waals surface area contributed by atoms with Crippen LogP contribution < -0.4 is 5.32 Å². The van der Waals surface area contributed by atoms with E-state index in [1.165, 1.54) is 225 Å². The molecule has 0 aliphatic carbocycles. The highest BCUT2D eigenvalue weighted by Gasteiger charge is 2.18. The van der Waals surface area contributed by atoms with Crippen LogP contribution in [0.4, 0.5) is 0 Å². The van der Waals surface area contributed by atoms with Gasteiger partial charge in [-0.05, 0) is 57.8 Å². The minimum atomic E-state index is -0.846. The first-order chi connectivity index (χ1) is 30.5. The Morgan fingerprint density at radius 1 is 0.435 bits per heavy atom. The van der Waals surface area contributed by atoms with Crippen LogP contribution in [0.2, 0.25) is 0 Å². The molecule has 0 spiro atoms. The molecule has 0 aromatic carbocycles. The number of rotatable bonds is 51. The fraction of sp³-hybridized carbons (Fsp3) is 0.893. The van der Waals surface area contributed by atoms with E-state index in [2.05, 4.69) is 31.3 Å². The third-order valence-electron chi connectivity index (χ3n) is 12.7. The van der Waals surface area contributed by atoms with Gasteiger partial charge in [0.1, 0.15) is 0 Å². The van der Waals surface area contributed by atoms with Crippen molar-refractivity contribution in [3.8, 4) is 0 Å². The van der Waals surface area contributed by atoms with Crippen molar-refractivity contribution in [2.75, 3.05) is 13.2 Å². The van der Waals surface area contributed by atoms with Gasteiger partial charge in [0.15, 0.2) is 0 Å². The zero-order valence-corrected chi connectivity index (χ0v) is 41.6. The van der Waals surface area contributed by atoms with Crippen LogP contribution in [0.5, 0.6) is 0 Å². The van der Waals surface area contributed by atoms with Crippen LogP contribution >= 0.6 is 0 Å². The lowest BCUT2D eigenvalue weighted by Crippen LogP contribution is -2.45. The van der Waals surface area contributed by atoms with Gasteiger partial charge < -0.3 is 20.3 Å². The first-order valence-corrected chi connectivity index (χ1v) is 27.6. The summed E-state index contributed by atoms with van der Waals surface area (Å²) in [7, 11) is 0.